The number of nitrogens with zero attached hydrogens (tertiary/aromatic N) is 1. The molecule has 1 aliphatic heterocycles. The second kappa shape index (κ2) is 5.21. The third kappa shape index (κ3) is 2.49. The Hall–Kier alpha value is -2.35. The van der Waals surface area contributed by atoms with Gasteiger partial charge in [-0.05, 0) is 34.1 Å². The fourth-order valence-electron chi connectivity index (χ4n) is 1.93. The van der Waals surface area contributed by atoms with Crippen molar-refractivity contribution in [3.05, 3.63) is 50.7 Å². The van der Waals surface area contributed by atoms with Crippen LogP contribution < -0.4 is 14.8 Å². The van der Waals surface area contributed by atoms with Crippen molar-refractivity contribution in [1.82, 2.24) is 0 Å². The Kier molecular flexibility index (Phi) is 3.38. The first-order valence-corrected chi connectivity index (χ1v) is 6.64. The van der Waals surface area contributed by atoms with Crippen molar-refractivity contribution < 1.29 is 18.8 Å². The monoisotopic (exact) mass is 354 g/mol. The first-order chi connectivity index (χ1) is 10.1. The van der Waals surface area contributed by atoms with Crippen LogP contribution in [0.15, 0.2) is 34.8 Å². The average Bonchev–Trinajstić information content (AvgIpc) is 2.91. The highest BCUT2D eigenvalue weighted by Gasteiger charge is 2.21. The summed E-state index contributed by atoms with van der Waals surface area (Å²) in [6, 6.07) is 7.37. The molecule has 0 atom stereocenters. The van der Waals surface area contributed by atoms with E-state index >= 15 is 0 Å². The summed E-state index contributed by atoms with van der Waals surface area (Å²) >= 11 is 3.01. The number of ether oxygens (including phenoxy) is 2. The maximum atomic E-state index is 14.1. The molecular formula is C13H8BrFN2O4. The van der Waals surface area contributed by atoms with E-state index < -0.39 is 10.7 Å². The van der Waals surface area contributed by atoms with E-state index in [4.69, 9.17) is 9.47 Å². The summed E-state index contributed by atoms with van der Waals surface area (Å²) in [5.74, 6) is 0.338. The van der Waals surface area contributed by atoms with Crippen LogP contribution in [0.3, 0.4) is 0 Å². The topological polar surface area (TPSA) is 73.6 Å². The number of fused-ring (bicyclic) bond motifs is 1. The fourth-order valence-corrected chi connectivity index (χ4v) is 2.26. The standard InChI is InChI=1S/C13H8BrFN2O4/c14-8-2-3-9(17(18)19)13(12(8)15)16-7-1-4-10-11(5-7)21-6-20-10/h1-5,16H,6H2. The molecular weight excluding hydrogens is 347 g/mol. The fraction of sp³-hybridized carbons (Fsp3) is 0.0769. The molecule has 3 rings (SSSR count). The minimum atomic E-state index is -0.734. The van der Waals surface area contributed by atoms with Gasteiger partial charge in [-0.2, -0.15) is 0 Å². The molecule has 1 aliphatic rings. The van der Waals surface area contributed by atoms with Gasteiger partial charge >= 0.3 is 0 Å². The number of hydrogen-bond donors (Lipinski definition) is 1. The van der Waals surface area contributed by atoms with Gasteiger partial charge in [-0.1, -0.05) is 0 Å². The molecule has 0 saturated heterocycles. The highest BCUT2D eigenvalue weighted by molar-refractivity contribution is 9.10. The predicted octanol–water partition coefficient (Wildman–Crippen LogP) is 3.97. The van der Waals surface area contributed by atoms with E-state index in [1.165, 1.54) is 12.1 Å². The Morgan fingerprint density at radius 1 is 1.24 bits per heavy atom. The van der Waals surface area contributed by atoms with Crippen LogP contribution in [0.25, 0.3) is 0 Å². The second-order valence-corrected chi connectivity index (χ2v) is 5.06. The molecule has 2 aromatic rings. The smallest absolute Gasteiger partial charge is 0.295 e. The molecule has 21 heavy (non-hydrogen) atoms. The summed E-state index contributed by atoms with van der Waals surface area (Å²) in [5.41, 5.74) is -0.110. The number of nitro benzene ring substituents is 1. The third-order valence-corrected chi connectivity index (χ3v) is 3.52. The van der Waals surface area contributed by atoms with E-state index in [1.54, 1.807) is 18.2 Å². The van der Waals surface area contributed by atoms with Crippen LogP contribution in [0.4, 0.5) is 21.5 Å². The molecule has 0 saturated carbocycles. The largest absolute Gasteiger partial charge is 0.454 e. The van der Waals surface area contributed by atoms with E-state index in [0.717, 1.165) is 0 Å². The van der Waals surface area contributed by atoms with Gasteiger partial charge in [0.05, 0.1) is 9.40 Å². The molecule has 0 aliphatic carbocycles. The molecule has 8 heteroatoms. The predicted molar refractivity (Wildman–Crippen MR) is 76.6 cm³/mol. The number of benzene rings is 2. The average molecular weight is 355 g/mol. The Morgan fingerprint density at radius 2 is 2.00 bits per heavy atom. The van der Waals surface area contributed by atoms with Crippen LogP contribution in [0.2, 0.25) is 0 Å². The zero-order chi connectivity index (χ0) is 15.0. The summed E-state index contributed by atoms with van der Waals surface area (Å²) in [5, 5.41) is 13.7. The van der Waals surface area contributed by atoms with Crippen molar-refractivity contribution in [3.8, 4) is 11.5 Å². The minimum absolute atomic E-state index is 0.115. The Bertz CT molecular complexity index is 738. The summed E-state index contributed by atoms with van der Waals surface area (Å²) in [7, 11) is 0. The summed E-state index contributed by atoms with van der Waals surface area (Å²) in [6.45, 7) is 0.115. The Morgan fingerprint density at radius 3 is 2.76 bits per heavy atom. The lowest BCUT2D eigenvalue weighted by molar-refractivity contribution is -0.384. The third-order valence-electron chi connectivity index (χ3n) is 2.91. The molecule has 2 aromatic carbocycles. The molecule has 108 valence electrons. The number of hydrogen-bond acceptors (Lipinski definition) is 5. The maximum absolute atomic E-state index is 14.1. The number of halogens is 2. The van der Waals surface area contributed by atoms with Gasteiger partial charge in [0.2, 0.25) is 6.79 Å². The highest BCUT2D eigenvalue weighted by Crippen LogP contribution is 2.38. The van der Waals surface area contributed by atoms with Gasteiger partial charge in [0, 0.05) is 17.8 Å². The van der Waals surface area contributed by atoms with Crippen LogP contribution in [0.1, 0.15) is 0 Å². The van der Waals surface area contributed by atoms with Gasteiger partial charge in [0.1, 0.15) is 0 Å². The van der Waals surface area contributed by atoms with Gasteiger partial charge < -0.3 is 14.8 Å². The number of anilines is 2. The van der Waals surface area contributed by atoms with Gasteiger partial charge in [0.15, 0.2) is 23.0 Å². The number of nitrogens with one attached hydrogen (secondary N) is 1. The number of rotatable bonds is 3. The summed E-state index contributed by atoms with van der Waals surface area (Å²) < 4.78 is 24.6. The first-order valence-electron chi connectivity index (χ1n) is 5.85. The van der Waals surface area contributed by atoms with Crippen molar-refractivity contribution >= 4 is 33.0 Å². The molecule has 6 nitrogen and oxygen atoms in total. The molecule has 0 fully saturated rings. The van der Waals surface area contributed by atoms with Gasteiger partial charge in [0.25, 0.3) is 5.69 Å². The van der Waals surface area contributed by atoms with Gasteiger partial charge in [-0.15, -0.1) is 0 Å². The SMILES string of the molecule is O=[N+]([O-])c1ccc(Br)c(F)c1Nc1ccc2c(c1)OCO2. The van der Waals surface area contributed by atoms with E-state index in [2.05, 4.69) is 21.2 Å². The quantitative estimate of drug-likeness (QED) is 0.666. The van der Waals surface area contributed by atoms with Crippen molar-refractivity contribution in [3.63, 3.8) is 0 Å². The lowest BCUT2D eigenvalue weighted by atomic mass is 10.2. The summed E-state index contributed by atoms with van der Waals surface area (Å²) in [4.78, 5) is 10.4. The normalized spacial score (nSPS) is 12.3. The molecule has 0 bridgehead atoms. The van der Waals surface area contributed by atoms with Crippen LogP contribution in [0, 0.1) is 15.9 Å². The molecule has 0 spiro atoms. The molecule has 1 N–H and O–H groups in total. The second-order valence-electron chi connectivity index (χ2n) is 4.21. The van der Waals surface area contributed by atoms with E-state index in [0.29, 0.717) is 17.2 Å². The van der Waals surface area contributed by atoms with E-state index in [-0.39, 0.29) is 22.6 Å². The van der Waals surface area contributed by atoms with Gasteiger partial charge in [-0.3, -0.25) is 10.1 Å². The molecule has 0 aromatic heterocycles. The highest BCUT2D eigenvalue weighted by atomic mass is 79.9. The van der Waals surface area contributed by atoms with Crippen LogP contribution in [-0.2, 0) is 0 Å². The van der Waals surface area contributed by atoms with Crippen molar-refractivity contribution in [1.29, 1.82) is 0 Å². The molecule has 0 radical (unpaired) electrons. The van der Waals surface area contributed by atoms with Crippen molar-refractivity contribution in [2.75, 3.05) is 12.1 Å². The van der Waals surface area contributed by atoms with Crippen LogP contribution in [-0.4, -0.2) is 11.7 Å². The Labute approximate surface area is 126 Å². The summed E-state index contributed by atoms with van der Waals surface area (Å²) in [6.07, 6.45) is 0. The van der Waals surface area contributed by atoms with E-state index in [9.17, 15) is 14.5 Å². The first kappa shape index (κ1) is 13.6. The van der Waals surface area contributed by atoms with E-state index in [1.807, 2.05) is 0 Å². The maximum Gasteiger partial charge on any atom is 0.295 e. The lowest BCUT2D eigenvalue weighted by Crippen LogP contribution is -2.00. The molecule has 1 heterocycles. The minimum Gasteiger partial charge on any atom is -0.454 e. The van der Waals surface area contributed by atoms with Gasteiger partial charge in [-0.25, -0.2) is 4.39 Å². The Balaban J connectivity index is 2.01. The molecule has 0 amide bonds. The van der Waals surface area contributed by atoms with Crippen LogP contribution in [0.5, 0.6) is 11.5 Å². The van der Waals surface area contributed by atoms with Crippen molar-refractivity contribution in [2.45, 2.75) is 0 Å². The van der Waals surface area contributed by atoms with Crippen molar-refractivity contribution in [2.24, 2.45) is 0 Å². The molecule has 0 unspecified atom stereocenters. The zero-order valence-electron chi connectivity index (χ0n) is 10.4. The lowest BCUT2D eigenvalue weighted by Gasteiger charge is -2.09. The van der Waals surface area contributed by atoms with Crippen LogP contribution >= 0.6 is 15.9 Å². The zero-order valence-corrected chi connectivity index (χ0v) is 12.0. The number of nitro groups is 1.